The van der Waals surface area contributed by atoms with Crippen molar-refractivity contribution in [2.45, 2.75) is 19.4 Å². The quantitative estimate of drug-likeness (QED) is 0.477. The van der Waals surface area contributed by atoms with Crippen LogP contribution in [-0.4, -0.2) is 0 Å². The average Bonchev–Trinajstić information content (AvgIpc) is 2.44. The van der Waals surface area contributed by atoms with Gasteiger partial charge in [0.25, 0.3) is 0 Å². The second kappa shape index (κ2) is 6.60. The molecule has 0 spiro atoms. The molecule has 0 aliphatic heterocycles. The van der Waals surface area contributed by atoms with Gasteiger partial charge in [-0.2, -0.15) is 0 Å². The molecule has 0 saturated carbocycles. The van der Waals surface area contributed by atoms with Gasteiger partial charge in [-0.1, -0.05) is 30.3 Å². The van der Waals surface area contributed by atoms with E-state index >= 15 is 0 Å². The Morgan fingerprint density at radius 2 is 1.90 bits per heavy atom. The third kappa shape index (κ3) is 3.16. The zero-order valence-corrected chi connectivity index (χ0v) is 13.1. The summed E-state index contributed by atoms with van der Waals surface area (Å²) in [7, 11) is 0. The molecule has 106 valence electrons. The van der Waals surface area contributed by atoms with Crippen LogP contribution < -0.4 is 11.3 Å². The minimum Gasteiger partial charge on any atom is -0.271 e. The van der Waals surface area contributed by atoms with Crippen LogP contribution in [0, 0.1) is 22.1 Å². The average molecular weight is 388 g/mol. The third-order valence-corrected chi connectivity index (χ3v) is 4.73. The first-order chi connectivity index (χ1) is 9.54. The fourth-order valence-electron chi connectivity index (χ4n) is 2.12. The predicted octanol–water partition coefficient (Wildman–Crippen LogP) is 3.62. The minimum atomic E-state index is -0.836. The molecule has 0 bridgehead atoms. The predicted molar refractivity (Wildman–Crippen MR) is 84.0 cm³/mol. The monoisotopic (exact) mass is 388 g/mol. The van der Waals surface area contributed by atoms with Crippen molar-refractivity contribution in [2.24, 2.45) is 5.84 Å². The normalized spacial score (nSPS) is 12.4. The van der Waals surface area contributed by atoms with Gasteiger partial charge in [0.2, 0.25) is 0 Å². The number of rotatable bonds is 4. The molecule has 1 atom stereocenters. The summed E-state index contributed by atoms with van der Waals surface area (Å²) in [5, 5.41) is 0. The molecule has 0 saturated heterocycles. The maximum Gasteiger partial charge on any atom is 0.162 e. The molecular weight excluding hydrogens is 373 g/mol. The van der Waals surface area contributed by atoms with E-state index in [-0.39, 0.29) is 6.04 Å². The second-order valence-corrected chi connectivity index (χ2v) is 5.69. The molecule has 3 N–H and O–H groups in total. The Kier molecular flexibility index (Phi) is 5.06. The molecule has 2 aromatic rings. The lowest BCUT2D eigenvalue weighted by Gasteiger charge is -2.19. The second-order valence-electron chi connectivity index (χ2n) is 4.61. The van der Waals surface area contributed by atoms with Crippen LogP contribution in [0.2, 0.25) is 0 Å². The van der Waals surface area contributed by atoms with E-state index in [1.807, 2.05) is 25.1 Å². The molecule has 0 aromatic heterocycles. The molecule has 0 radical (unpaired) electrons. The smallest absolute Gasteiger partial charge is 0.162 e. The molecule has 20 heavy (non-hydrogen) atoms. The lowest BCUT2D eigenvalue weighted by atomic mass is 9.97. The summed E-state index contributed by atoms with van der Waals surface area (Å²) in [5.41, 5.74) is 5.11. The third-order valence-electron chi connectivity index (χ3n) is 3.25. The van der Waals surface area contributed by atoms with Crippen molar-refractivity contribution >= 4 is 22.6 Å². The molecule has 5 heteroatoms. The summed E-state index contributed by atoms with van der Waals surface area (Å²) >= 11 is 2.24. The van der Waals surface area contributed by atoms with Gasteiger partial charge in [-0.25, -0.2) is 8.78 Å². The number of benzene rings is 2. The fraction of sp³-hybridized carbons (Fsp3) is 0.200. The van der Waals surface area contributed by atoms with Gasteiger partial charge in [-0.05, 0) is 58.7 Å². The lowest BCUT2D eigenvalue weighted by Crippen LogP contribution is -2.30. The fourth-order valence-corrected chi connectivity index (χ4v) is 2.86. The molecule has 1 unspecified atom stereocenters. The van der Waals surface area contributed by atoms with Crippen LogP contribution in [0.3, 0.4) is 0 Å². The Morgan fingerprint density at radius 1 is 1.20 bits per heavy atom. The number of hydrazine groups is 1. The van der Waals surface area contributed by atoms with Crippen molar-refractivity contribution in [2.75, 3.05) is 0 Å². The first-order valence-corrected chi connectivity index (χ1v) is 7.26. The van der Waals surface area contributed by atoms with E-state index in [9.17, 15) is 8.78 Å². The van der Waals surface area contributed by atoms with Crippen LogP contribution in [0.5, 0.6) is 0 Å². The van der Waals surface area contributed by atoms with Crippen LogP contribution in [0.4, 0.5) is 8.78 Å². The molecule has 0 amide bonds. The Balaban J connectivity index is 2.34. The molecular formula is C15H15F2IN2. The lowest BCUT2D eigenvalue weighted by molar-refractivity contribution is 0.480. The van der Waals surface area contributed by atoms with E-state index in [0.29, 0.717) is 12.0 Å². The summed E-state index contributed by atoms with van der Waals surface area (Å²) < 4.78 is 28.1. The maximum atomic E-state index is 13.7. The number of aryl methyl sites for hydroxylation is 1. The highest BCUT2D eigenvalue weighted by atomic mass is 127. The van der Waals surface area contributed by atoms with Crippen molar-refractivity contribution in [3.05, 3.63) is 68.3 Å². The highest BCUT2D eigenvalue weighted by Gasteiger charge is 2.17. The van der Waals surface area contributed by atoms with E-state index in [0.717, 1.165) is 20.8 Å². The van der Waals surface area contributed by atoms with E-state index in [1.165, 1.54) is 6.07 Å². The number of hydrogen-bond acceptors (Lipinski definition) is 2. The van der Waals surface area contributed by atoms with Crippen molar-refractivity contribution in [3.63, 3.8) is 0 Å². The zero-order valence-electron chi connectivity index (χ0n) is 11.0. The number of hydrogen-bond donors (Lipinski definition) is 2. The molecule has 0 fully saturated rings. The first-order valence-electron chi connectivity index (χ1n) is 6.18. The van der Waals surface area contributed by atoms with Crippen LogP contribution >= 0.6 is 22.6 Å². The van der Waals surface area contributed by atoms with Gasteiger partial charge in [0.15, 0.2) is 11.6 Å². The summed E-state index contributed by atoms with van der Waals surface area (Å²) in [6.07, 6.45) is 0.291. The summed E-state index contributed by atoms with van der Waals surface area (Å²) in [6.45, 7) is 2.00. The maximum absolute atomic E-state index is 13.7. The highest BCUT2D eigenvalue weighted by Crippen LogP contribution is 2.26. The summed E-state index contributed by atoms with van der Waals surface area (Å²) in [5.74, 6) is 3.94. The minimum absolute atomic E-state index is 0.266. The van der Waals surface area contributed by atoms with Crippen LogP contribution in [0.15, 0.2) is 36.4 Å². The number of nitrogens with two attached hydrogens (primary N) is 1. The Morgan fingerprint density at radius 3 is 2.60 bits per heavy atom. The van der Waals surface area contributed by atoms with Crippen molar-refractivity contribution in [1.82, 2.24) is 5.43 Å². The Labute approximate surface area is 130 Å². The van der Waals surface area contributed by atoms with Crippen LogP contribution in [-0.2, 0) is 6.42 Å². The summed E-state index contributed by atoms with van der Waals surface area (Å²) in [6, 6.07) is 9.80. The van der Waals surface area contributed by atoms with Gasteiger partial charge in [0.1, 0.15) is 0 Å². The van der Waals surface area contributed by atoms with Crippen molar-refractivity contribution in [1.29, 1.82) is 0 Å². The van der Waals surface area contributed by atoms with Gasteiger partial charge in [-0.15, -0.1) is 0 Å². The molecule has 0 aliphatic carbocycles. The van der Waals surface area contributed by atoms with Crippen LogP contribution in [0.1, 0.15) is 22.7 Å². The van der Waals surface area contributed by atoms with E-state index in [1.54, 1.807) is 6.07 Å². The topological polar surface area (TPSA) is 38.0 Å². The molecule has 0 aliphatic rings. The number of nitrogens with one attached hydrogen (secondary N) is 1. The van der Waals surface area contributed by atoms with E-state index < -0.39 is 11.6 Å². The van der Waals surface area contributed by atoms with Crippen molar-refractivity contribution in [3.8, 4) is 0 Å². The van der Waals surface area contributed by atoms with Crippen LogP contribution in [0.25, 0.3) is 0 Å². The standard InChI is InChI=1S/C15H15F2IN2/c1-9-4-2-6-11(15(9)18)13(20-19)8-10-5-3-7-12(16)14(10)17/h2-7,13,20H,8,19H2,1H3. The molecule has 2 rings (SSSR count). The van der Waals surface area contributed by atoms with Gasteiger partial charge in [0, 0.05) is 3.57 Å². The zero-order chi connectivity index (χ0) is 14.7. The van der Waals surface area contributed by atoms with Gasteiger partial charge in [0.05, 0.1) is 6.04 Å². The van der Waals surface area contributed by atoms with Gasteiger partial charge in [-0.3, -0.25) is 11.3 Å². The number of halogens is 3. The highest BCUT2D eigenvalue weighted by molar-refractivity contribution is 14.1. The molecule has 2 aromatic carbocycles. The molecule has 2 nitrogen and oxygen atoms in total. The van der Waals surface area contributed by atoms with E-state index in [2.05, 4.69) is 28.0 Å². The summed E-state index contributed by atoms with van der Waals surface area (Å²) in [4.78, 5) is 0. The van der Waals surface area contributed by atoms with Gasteiger partial charge >= 0.3 is 0 Å². The SMILES string of the molecule is Cc1cccc(C(Cc2cccc(F)c2F)NN)c1I. The first kappa shape index (κ1) is 15.3. The van der Waals surface area contributed by atoms with Crippen molar-refractivity contribution < 1.29 is 8.78 Å². The largest absolute Gasteiger partial charge is 0.271 e. The molecule has 0 heterocycles. The van der Waals surface area contributed by atoms with Gasteiger partial charge < -0.3 is 0 Å². The van der Waals surface area contributed by atoms with E-state index in [4.69, 9.17) is 5.84 Å². The Bertz CT molecular complexity index is 617. The Hall–Kier alpha value is -1.05.